The molecule has 4 rings (SSSR count). The maximum Gasteiger partial charge on any atom is 0.401 e. The maximum absolute atomic E-state index is 12.5. The minimum atomic E-state index is -1.01. The van der Waals surface area contributed by atoms with Crippen molar-refractivity contribution in [2.24, 2.45) is 0 Å². The fourth-order valence-electron chi connectivity index (χ4n) is 3.20. The minimum absolute atomic E-state index is 0.0541. The number of nitrogens with one attached hydrogen (secondary N) is 1. The van der Waals surface area contributed by atoms with E-state index in [4.69, 9.17) is 0 Å². The Morgan fingerprint density at radius 1 is 1.31 bits per heavy atom. The quantitative estimate of drug-likeness (QED) is 0.495. The number of β-lactam (4-membered cyclic amide) rings is 1. The molecule has 0 aliphatic carbocycles. The third kappa shape index (κ3) is 4.11. The van der Waals surface area contributed by atoms with Gasteiger partial charge in [-0.3, -0.25) is 14.4 Å². The van der Waals surface area contributed by atoms with E-state index in [9.17, 15) is 24.3 Å². The molecule has 2 unspecified atom stereocenters. The fourth-order valence-corrected chi connectivity index (χ4v) is 6.18. The van der Waals surface area contributed by atoms with Crippen molar-refractivity contribution < 1.29 is 24.1 Å². The third-order valence-corrected chi connectivity index (χ3v) is 7.88. The SMILES string of the molecule is O=C(Cc1csc(=O)s1)NC1C(=O)N2C=C(C[n+]3ccccc3C(=O)O)CSC12. The van der Waals surface area contributed by atoms with Gasteiger partial charge in [-0.15, -0.1) is 11.8 Å². The first-order chi connectivity index (χ1) is 13.9. The van der Waals surface area contributed by atoms with E-state index in [0.717, 1.165) is 28.2 Å². The summed E-state index contributed by atoms with van der Waals surface area (Å²) in [5.41, 5.74) is 1.10. The number of hydrogen-bond acceptors (Lipinski definition) is 7. The number of hydrogen-bond donors (Lipinski definition) is 2. The molecule has 2 aliphatic rings. The molecule has 2 amide bonds. The van der Waals surface area contributed by atoms with E-state index in [0.29, 0.717) is 17.2 Å². The highest BCUT2D eigenvalue weighted by Gasteiger charge is 2.49. The topological polar surface area (TPSA) is 108 Å². The standard InChI is InChI=1S/C18H15N3O5S3/c22-13(5-11-9-28-18(26)29-11)19-14-15(23)21-7-10(8-27-16(14)21)6-20-4-2-1-3-12(20)17(24)25/h1-4,7,9,14,16H,5-6,8H2,(H-,19,22,24,25)/p+1. The lowest BCUT2D eigenvalue weighted by molar-refractivity contribution is -0.691. The van der Waals surface area contributed by atoms with Crippen molar-refractivity contribution in [3.63, 3.8) is 0 Å². The van der Waals surface area contributed by atoms with Crippen molar-refractivity contribution >= 4 is 52.2 Å². The highest BCUT2D eigenvalue weighted by atomic mass is 32.2. The number of rotatable bonds is 6. The van der Waals surface area contributed by atoms with Gasteiger partial charge in [0.15, 0.2) is 12.7 Å². The molecule has 0 aromatic carbocycles. The van der Waals surface area contributed by atoms with Gasteiger partial charge in [-0.25, -0.2) is 4.79 Å². The Morgan fingerprint density at radius 2 is 2.14 bits per heavy atom. The predicted octanol–water partition coefficient (Wildman–Crippen LogP) is 0.682. The molecule has 2 aliphatic heterocycles. The molecule has 2 aromatic rings. The fraction of sp³-hybridized carbons (Fsp3) is 0.278. The Labute approximate surface area is 177 Å². The van der Waals surface area contributed by atoms with Crippen LogP contribution in [0.2, 0.25) is 0 Å². The molecule has 0 saturated carbocycles. The molecule has 0 radical (unpaired) electrons. The number of nitrogens with zero attached hydrogens (tertiary/aromatic N) is 2. The van der Waals surface area contributed by atoms with Crippen molar-refractivity contribution in [3.8, 4) is 0 Å². The summed E-state index contributed by atoms with van der Waals surface area (Å²) in [4.78, 5) is 49.5. The van der Waals surface area contributed by atoms with Crippen LogP contribution in [0.15, 0.2) is 46.3 Å². The van der Waals surface area contributed by atoms with E-state index >= 15 is 0 Å². The lowest BCUT2D eigenvalue weighted by atomic mass is 10.1. The minimum Gasteiger partial charge on any atom is -0.473 e. The zero-order valence-electron chi connectivity index (χ0n) is 14.9. The monoisotopic (exact) mass is 450 g/mol. The summed E-state index contributed by atoms with van der Waals surface area (Å²) >= 11 is 3.64. The van der Waals surface area contributed by atoms with Crippen LogP contribution in [0.25, 0.3) is 0 Å². The number of fused-ring (bicyclic) bond motifs is 1. The number of carboxylic acids is 1. The van der Waals surface area contributed by atoms with Crippen LogP contribution in [0.3, 0.4) is 0 Å². The maximum atomic E-state index is 12.5. The van der Waals surface area contributed by atoms with Crippen LogP contribution in [-0.2, 0) is 22.6 Å². The van der Waals surface area contributed by atoms with Crippen molar-refractivity contribution in [1.82, 2.24) is 10.2 Å². The molecule has 4 heterocycles. The van der Waals surface area contributed by atoms with Gasteiger partial charge in [0.1, 0.15) is 11.4 Å². The van der Waals surface area contributed by atoms with Crippen LogP contribution < -0.4 is 13.9 Å². The summed E-state index contributed by atoms with van der Waals surface area (Å²) in [6.07, 6.45) is 3.54. The highest BCUT2D eigenvalue weighted by molar-refractivity contribution is 8.00. The van der Waals surface area contributed by atoms with Crippen molar-refractivity contribution in [3.05, 3.63) is 61.0 Å². The van der Waals surface area contributed by atoms with Gasteiger partial charge in [-0.05, 0) is 6.07 Å². The van der Waals surface area contributed by atoms with E-state index in [1.54, 1.807) is 39.4 Å². The van der Waals surface area contributed by atoms with Crippen molar-refractivity contribution in [2.75, 3.05) is 5.75 Å². The number of carbonyl (C=O) groups is 3. The van der Waals surface area contributed by atoms with Crippen molar-refractivity contribution in [2.45, 2.75) is 24.4 Å². The molecule has 2 atom stereocenters. The summed E-state index contributed by atoms with van der Waals surface area (Å²) in [6.45, 7) is 0.375. The summed E-state index contributed by atoms with van der Waals surface area (Å²) in [7, 11) is 0. The average Bonchev–Trinajstić information content (AvgIpc) is 3.11. The zero-order chi connectivity index (χ0) is 20.5. The molecule has 0 spiro atoms. The van der Waals surface area contributed by atoms with Gasteiger partial charge in [-0.1, -0.05) is 22.7 Å². The smallest absolute Gasteiger partial charge is 0.401 e. The third-order valence-electron chi connectivity index (χ3n) is 4.53. The van der Waals surface area contributed by atoms with Crippen molar-refractivity contribution in [1.29, 1.82) is 0 Å². The van der Waals surface area contributed by atoms with Crippen LogP contribution in [0.4, 0.5) is 0 Å². The van der Waals surface area contributed by atoms with Gasteiger partial charge < -0.3 is 15.3 Å². The highest BCUT2D eigenvalue weighted by Crippen LogP contribution is 2.36. The first-order valence-electron chi connectivity index (χ1n) is 8.64. The second-order valence-corrected chi connectivity index (χ2v) is 9.83. The van der Waals surface area contributed by atoms with Crippen LogP contribution in [0.5, 0.6) is 0 Å². The van der Waals surface area contributed by atoms with Crippen LogP contribution >= 0.6 is 34.4 Å². The molecule has 29 heavy (non-hydrogen) atoms. The normalized spacial score (nSPS) is 20.5. The summed E-state index contributed by atoms with van der Waals surface area (Å²) < 4.78 is 1.58. The average molecular weight is 451 g/mol. The Balaban J connectivity index is 1.39. The Bertz CT molecular complexity index is 1080. The summed E-state index contributed by atoms with van der Waals surface area (Å²) in [5.74, 6) is -0.846. The molecule has 11 heteroatoms. The second-order valence-electron chi connectivity index (χ2n) is 6.53. The van der Waals surface area contributed by atoms with Gasteiger partial charge in [0.25, 0.3) is 15.7 Å². The van der Waals surface area contributed by atoms with E-state index in [1.165, 1.54) is 17.8 Å². The van der Waals surface area contributed by atoms with E-state index in [1.807, 2.05) is 0 Å². The number of thioether (sulfide) groups is 1. The Hall–Kier alpha value is -2.50. The van der Waals surface area contributed by atoms with Crippen LogP contribution in [-0.4, -0.2) is 45.0 Å². The molecule has 1 saturated heterocycles. The first-order valence-corrected chi connectivity index (χ1v) is 11.4. The van der Waals surface area contributed by atoms with Crippen LogP contribution in [0.1, 0.15) is 15.4 Å². The Kier molecular flexibility index (Phi) is 5.52. The number of carboxylic acid groups (broad SMARTS) is 1. The molecule has 2 aromatic heterocycles. The zero-order valence-corrected chi connectivity index (χ0v) is 17.4. The predicted molar refractivity (Wildman–Crippen MR) is 109 cm³/mol. The molecule has 1 fully saturated rings. The van der Waals surface area contributed by atoms with Crippen LogP contribution in [0, 0.1) is 0 Å². The lowest BCUT2D eigenvalue weighted by Gasteiger charge is -2.47. The first kappa shape index (κ1) is 19.8. The lowest BCUT2D eigenvalue weighted by Crippen LogP contribution is -2.68. The second kappa shape index (κ2) is 8.09. The number of amides is 2. The van der Waals surface area contributed by atoms with E-state index < -0.39 is 12.0 Å². The van der Waals surface area contributed by atoms with E-state index in [2.05, 4.69) is 5.32 Å². The van der Waals surface area contributed by atoms with E-state index in [-0.39, 0.29) is 33.4 Å². The van der Waals surface area contributed by atoms with Gasteiger partial charge >= 0.3 is 5.97 Å². The molecular weight excluding hydrogens is 434 g/mol. The molecule has 0 bridgehead atoms. The van der Waals surface area contributed by atoms with Gasteiger partial charge in [0.05, 0.1) is 6.42 Å². The van der Waals surface area contributed by atoms with Gasteiger partial charge in [0.2, 0.25) is 5.91 Å². The van der Waals surface area contributed by atoms with Gasteiger partial charge in [0, 0.05) is 39.9 Å². The molecule has 8 nitrogen and oxygen atoms in total. The molecule has 2 N–H and O–H groups in total. The summed E-state index contributed by atoms with van der Waals surface area (Å²) in [5, 5.41) is 13.6. The molecular formula is C18H16N3O5S3+. The summed E-state index contributed by atoms with van der Waals surface area (Å²) in [6, 6.07) is 4.38. The number of aromatic nitrogens is 1. The number of carbonyl (C=O) groups excluding carboxylic acids is 2. The number of pyridine rings is 1. The largest absolute Gasteiger partial charge is 0.473 e. The number of aromatic carboxylic acids is 1. The van der Waals surface area contributed by atoms with Gasteiger partial charge in [-0.2, -0.15) is 4.57 Å². The Morgan fingerprint density at radius 3 is 2.86 bits per heavy atom. The molecule has 150 valence electrons.